The summed E-state index contributed by atoms with van der Waals surface area (Å²) in [5.41, 5.74) is 6.88. The van der Waals surface area contributed by atoms with Gasteiger partial charge in [0, 0.05) is 19.1 Å². The Morgan fingerprint density at radius 2 is 2.25 bits per heavy atom. The first-order chi connectivity index (χ1) is 9.36. The molecule has 20 heavy (non-hydrogen) atoms. The van der Waals surface area contributed by atoms with Crippen molar-refractivity contribution < 1.29 is 12.8 Å². The Morgan fingerprint density at radius 1 is 1.50 bits per heavy atom. The molecular formula is C14H21FN2O2S. The van der Waals surface area contributed by atoms with Gasteiger partial charge in [-0.15, -0.1) is 0 Å². The molecule has 0 aromatic heterocycles. The van der Waals surface area contributed by atoms with Crippen molar-refractivity contribution in [3.63, 3.8) is 0 Å². The highest BCUT2D eigenvalue weighted by atomic mass is 32.2. The van der Waals surface area contributed by atoms with Crippen molar-refractivity contribution in [2.24, 2.45) is 11.7 Å². The summed E-state index contributed by atoms with van der Waals surface area (Å²) in [6, 6.07) is 6.04. The van der Waals surface area contributed by atoms with Crippen LogP contribution in [0.2, 0.25) is 0 Å². The van der Waals surface area contributed by atoms with E-state index in [1.54, 1.807) is 6.07 Å². The molecule has 0 bridgehead atoms. The number of hydrogen-bond donors (Lipinski definition) is 1. The molecule has 1 heterocycles. The van der Waals surface area contributed by atoms with Crippen molar-refractivity contribution in [3.8, 4) is 0 Å². The summed E-state index contributed by atoms with van der Waals surface area (Å²) < 4.78 is 37.8. The Bertz CT molecular complexity index is 562. The van der Waals surface area contributed by atoms with Crippen molar-refractivity contribution in [1.29, 1.82) is 0 Å². The highest BCUT2D eigenvalue weighted by Crippen LogP contribution is 2.27. The predicted molar refractivity (Wildman–Crippen MR) is 77.1 cm³/mol. The van der Waals surface area contributed by atoms with E-state index in [9.17, 15) is 12.8 Å². The van der Waals surface area contributed by atoms with E-state index < -0.39 is 10.0 Å². The van der Waals surface area contributed by atoms with Crippen LogP contribution < -0.4 is 5.73 Å². The Hall–Kier alpha value is -0.980. The minimum atomic E-state index is -3.13. The molecule has 112 valence electrons. The van der Waals surface area contributed by atoms with Gasteiger partial charge in [-0.2, -0.15) is 0 Å². The van der Waals surface area contributed by atoms with E-state index in [2.05, 4.69) is 0 Å². The van der Waals surface area contributed by atoms with E-state index in [0.29, 0.717) is 19.5 Å². The van der Waals surface area contributed by atoms with Crippen LogP contribution in [-0.2, 0) is 10.0 Å². The second-order valence-electron chi connectivity index (χ2n) is 5.53. The van der Waals surface area contributed by atoms with Crippen LogP contribution in [0.3, 0.4) is 0 Å². The molecule has 1 aliphatic rings. The molecule has 2 atom stereocenters. The van der Waals surface area contributed by atoms with Gasteiger partial charge >= 0.3 is 0 Å². The molecule has 0 radical (unpaired) electrons. The lowest BCUT2D eigenvalue weighted by molar-refractivity contribution is 0.247. The Morgan fingerprint density at radius 3 is 2.90 bits per heavy atom. The number of benzene rings is 1. The highest BCUT2D eigenvalue weighted by Gasteiger charge is 2.27. The summed E-state index contributed by atoms with van der Waals surface area (Å²) in [7, 11) is -3.13. The number of sulfonamides is 1. The third kappa shape index (κ3) is 4.01. The Labute approximate surface area is 119 Å². The first-order valence-electron chi connectivity index (χ1n) is 6.82. The fraction of sp³-hybridized carbons (Fsp3) is 0.571. The summed E-state index contributed by atoms with van der Waals surface area (Å²) in [4.78, 5) is 0. The molecule has 0 spiro atoms. The summed E-state index contributed by atoms with van der Waals surface area (Å²) in [6.07, 6.45) is 3.74. The van der Waals surface area contributed by atoms with E-state index in [1.165, 1.54) is 22.7 Å². The molecule has 1 saturated heterocycles. The van der Waals surface area contributed by atoms with E-state index in [4.69, 9.17) is 5.73 Å². The van der Waals surface area contributed by atoms with E-state index in [0.717, 1.165) is 18.4 Å². The van der Waals surface area contributed by atoms with Crippen LogP contribution in [0.1, 0.15) is 30.9 Å². The van der Waals surface area contributed by atoms with Gasteiger partial charge in [0.15, 0.2) is 0 Å². The highest BCUT2D eigenvalue weighted by molar-refractivity contribution is 7.88. The monoisotopic (exact) mass is 300 g/mol. The molecule has 6 heteroatoms. The fourth-order valence-electron chi connectivity index (χ4n) is 2.75. The minimum absolute atomic E-state index is 0.233. The molecule has 2 rings (SSSR count). The van der Waals surface area contributed by atoms with E-state index >= 15 is 0 Å². The fourth-order valence-corrected chi connectivity index (χ4v) is 3.70. The SMILES string of the molecule is CS(=O)(=O)N1CCCC(CC(N)c2cccc(F)c2)C1. The largest absolute Gasteiger partial charge is 0.324 e. The molecule has 0 saturated carbocycles. The maximum Gasteiger partial charge on any atom is 0.211 e. The molecule has 2 unspecified atom stereocenters. The van der Waals surface area contributed by atoms with Crippen molar-refractivity contribution in [2.45, 2.75) is 25.3 Å². The first kappa shape index (κ1) is 15.4. The van der Waals surface area contributed by atoms with Crippen molar-refractivity contribution in [3.05, 3.63) is 35.6 Å². The molecule has 1 fully saturated rings. The van der Waals surface area contributed by atoms with E-state index in [-0.39, 0.29) is 17.8 Å². The molecule has 2 N–H and O–H groups in total. The summed E-state index contributed by atoms with van der Waals surface area (Å²) in [5.74, 6) is -0.0592. The van der Waals surface area contributed by atoms with Gasteiger partial charge in [0.2, 0.25) is 10.0 Å². The zero-order valence-corrected chi connectivity index (χ0v) is 12.4. The summed E-state index contributed by atoms with van der Waals surface area (Å²) >= 11 is 0. The van der Waals surface area contributed by atoms with Gasteiger partial charge in [0.1, 0.15) is 5.82 Å². The van der Waals surface area contributed by atoms with Crippen LogP contribution in [0, 0.1) is 11.7 Å². The lowest BCUT2D eigenvalue weighted by Crippen LogP contribution is -2.40. The van der Waals surface area contributed by atoms with Crippen LogP contribution in [-0.4, -0.2) is 32.1 Å². The van der Waals surface area contributed by atoms with Crippen molar-refractivity contribution in [1.82, 2.24) is 4.31 Å². The van der Waals surface area contributed by atoms with Crippen molar-refractivity contribution >= 4 is 10.0 Å². The van der Waals surface area contributed by atoms with Gasteiger partial charge in [0.05, 0.1) is 6.26 Å². The number of piperidine rings is 1. The summed E-state index contributed by atoms with van der Waals surface area (Å²) in [6.45, 7) is 1.10. The maximum atomic E-state index is 13.2. The van der Waals surface area contributed by atoms with Crippen LogP contribution in [0.15, 0.2) is 24.3 Å². The second kappa shape index (κ2) is 6.20. The van der Waals surface area contributed by atoms with Crippen LogP contribution in [0.25, 0.3) is 0 Å². The van der Waals surface area contributed by atoms with Crippen LogP contribution in [0.5, 0.6) is 0 Å². The second-order valence-corrected chi connectivity index (χ2v) is 7.51. The van der Waals surface area contributed by atoms with Crippen molar-refractivity contribution in [2.75, 3.05) is 19.3 Å². The number of nitrogens with zero attached hydrogens (tertiary/aromatic N) is 1. The molecule has 1 aliphatic heterocycles. The molecule has 1 aromatic rings. The third-order valence-electron chi connectivity index (χ3n) is 3.81. The molecule has 0 aliphatic carbocycles. The summed E-state index contributed by atoms with van der Waals surface area (Å²) in [5, 5.41) is 0. The average molecular weight is 300 g/mol. The Balaban J connectivity index is 1.99. The van der Waals surface area contributed by atoms with E-state index in [1.807, 2.05) is 6.07 Å². The topological polar surface area (TPSA) is 63.4 Å². The predicted octanol–water partition coefficient (Wildman–Crippen LogP) is 1.89. The Kier molecular flexibility index (Phi) is 4.78. The number of nitrogens with two attached hydrogens (primary N) is 1. The van der Waals surface area contributed by atoms with Gasteiger partial charge in [-0.3, -0.25) is 0 Å². The van der Waals surface area contributed by atoms with Crippen LogP contribution >= 0.6 is 0 Å². The normalized spacial score (nSPS) is 22.6. The molecule has 4 nitrogen and oxygen atoms in total. The van der Waals surface area contributed by atoms with Crippen LogP contribution in [0.4, 0.5) is 4.39 Å². The van der Waals surface area contributed by atoms with Gasteiger partial charge in [-0.25, -0.2) is 17.1 Å². The van der Waals surface area contributed by atoms with Gasteiger partial charge in [0.25, 0.3) is 0 Å². The number of hydrogen-bond acceptors (Lipinski definition) is 3. The molecule has 0 amide bonds. The minimum Gasteiger partial charge on any atom is -0.324 e. The zero-order chi connectivity index (χ0) is 14.8. The number of halogens is 1. The zero-order valence-electron chi connectivity index (χ0n) is 11.6. The van der Waals surface area contributed by atoms with Gasteiger partial charge in [-0.05, 0) is 42.9 Å². The lowest BCUT2D eigenvalue weighted by Gasteiger charge is -2.32. The lowest BCUT2D eigenvalue weighted by atomic mass is 9.90. The molecular weight excluding hydrogens is 279 g/mol. The third-order valence-corrected chi connectivity index (χ3v) is 5.08. The van der Waals surface area contributed by atoms with Gasteiger partial charge < -0.3 is 5.73 Å². The van der Waals surface area contributed by atoms with Gasteiger partial charge in [-0.1, -0.05) is 12.1 Å². The first-order valence-corrected chi connectivity index (χ1v) is 8.67. The molecule has 1 aromatic carbocycles. The average Bonchev–Trinajstić information content (AvgIpc) is 2.38. The standard InChI is InChI=1S/C14H21FN2O2S/c1-20(18,19)17-7-3-4-11(10-17)8-14(16)12-5-2-6-13(15)9-12/h2,5-6,9,11,14H,3-4,7-8,10,16H2,1H3. The maximum absolute atomic E-state index is 13.2. The quantitative estimate of drug-likeness (QED) is 0.923. The smallest absolute Gasteiger partial charge is 0.211 e. The number of rotatable bonds is 4.